The molecule has 0 fully saturated rings. The van der Waals surface area contributed by atoms with Crippen molar-refractivity contribution in [3.63, 3.8) is 0 Å². The number of hydrogen-bond acceptors (Lipinski definition) is 3. The smallest absolute Gasteiger partial charge is 0.135 e. The third-order valence-electron chi connectivity index (χ3n) is 1.77. The van der Waals surface area contributed by atoms with E-state index >= 15 is 0 Å². The fourth-order valence-electron chi connectivity index (χ4n) is 1.18. The van der Waals surface area contributed by atoms with Gasteiger partial charge in [0, 0.05) is 5.38 Å². The molecule has 64 valence electrons. The molecule has 0 atom stereocenters. The van der Waals surface area contributed by atoms with Crippen LogP contribution in [0.25, 0.3) is 10.1 Å². The lowest BCUT2D eigenvalue weighted by Crippen LogP contribution is -1.74. The second-order valence-corrected chi connectivity index (χ2v) is 3.82. The molecule has 1 aromatic carbocycles. The van der Waals surface area contributed by atoms with Gasteiger partial charge in [-0.05, 0) is 12.1 Å². The van der Waals surface area contributed by atoms with Crippen LogP contribution < -0.4 is 0 Å². The van der Waals surface area contributed by atoms with Crippen molar-refractivity contribution in [2.45, 2.75) is 0 Å². The predicted octanol–water partition coefficient (Wildman–Crippen LogP) is 3.13. The average molecular weight is 210 g/mol. The van der Waals surface area contributed by atoms with Gasteiger partial charge in [0.2, 0.25) is 0 Å². The Bertz CT molecular complexity index is 512. The van der Waals surface area contributed by atoms with Gasteiger partial charge in [0.1, 0.15) is 11.8 Å². The molecular weight excluding hydrogens is 206 g/mol. The van der Waals surface area contributed by atoms with Gasteiger partial charge in [0.15, 0.2) is 0 Å². The van der Waals surface area contributed by atoms with Crippen LogP contribution in [0.15, 0.2) is 17.5 Å². The minimum absolute atomic E-state index is 0.141. The van der Waals surface area contributed by atoms with Gasteiger partial charge in [-0.3, -0.25) is 0 Å². The van der Waals surface area contributed by atoms with Crippen molar-refractivity contribution in [2.24, 2.45) is 0 Å². The van der Waals surface area contributed by atoms with Crippen LogP contribution in [0.5, 0.6) is 5.75 Å². The molecule has 0 unspecified atom stereocenters. The Labute approximate surface area is 83.6 Å². The van der Waals surface area contributed by atoms with Crippen LogP contribution in [0.3, 0.4) is 0 Å². The van der Waals surface area contributed by atoms with Gasteiger partial charge in [0.25, 0.3) is 0 Å². The molecule has 0 saturated carbocycles. The molecule has 2 rings (SSSR count). The minimum atomic E-state index is 0.141. The molecule has 0 amide bonds. The normalized spacial score (nSPS) is 10.2. The lowest BCUT2D eigenvalue weighted by atomic mass is 10.2. The van der Waals surface area contributed by atoms with Crippen molar-refractivity contribution in [1.82, 2.24) is 0 Å². The average Bonchev–Trinajstić information content (AvgIpc) is 2.50. The van der Waals surface area contributed by atoms with E-state index in [1.54, 1.807) is 17.5 Å². The minimum Gasteiger partial charge on any atom is -0.506 e. The Hall–Kier alpha value is -1.24. The molecular formula is C9H4ClNOS. The van der Waals surface area contributed by atoms with E-state index in [9.17, 15) is 5.11 Å². The van der Waals surface area contributed by atoms with Crippen LogP contribution in [0.4, 0.5) is 0 Å². The maximum absolute atomic E-state index is 9.43. The summed E-state index contributed by atoms with van der Waals surface area (Å²) in [6.07, 6.45) is 0. The molecule has 1 N–H and O–H groups in total. The first-order valence-corrected chi connectivity index (χ1v) is 4.78. The second kappa shape index (κ2) is 2.91. The van der Waals surface area contributed by atoms with Crippen LogP contribution in [0.2, 0.25) is 5.02 Å². The lowest BCUT2D eigenvalue weighted by molar-refractivity contribution is 0.484. The Morgan fingerprint density at radius 1 is 1.46 bits per heavy atom. The van der Waals surface area contributed by atoms with Gasteiger partial charge < -0.3 is 5.11 Å². The lowest BCUT2D eigenvalue weighted by Gasteiger charge is -1.95. The molecule has 0 aliphatic heterocycles. The molecule has 2 nitrogen and oxygen atoms in total. The molecule has 0 saturated heterocycles. The third-order valence-corrected chi connectivity index (χ3v) is 3.09. The first kappa shape index (κ1) is 8.36. The van der Waals surface area contributed by atoms with Crippen LogP contribution in [0.1, 0.15) is 5.56 Å². The molecule has 1 aromatic heterocycles. The quantitative estimate of drug-likeness (QED) is 0.725. The van der Waals surface area contributed by atoms with E-state index in [0.717, 1.165) is 4.70 Å². The number of hydrogen-bond donors (Lipinski definition) is 1. The molecule has 13 heavy (non-hydrogen) atoms. The third kappa shape index (κ3) is 1.15. The monoisotopic (exact) mass is 209 g/mol. The van der Waals surface area contributed by atoms with E-state index in [0.29, 0.717) is 16.0 Å². The summed E-state index contributed by atoms with van der Waals surface area (Å²) in [6.45, 7) is 0. The van der Waals surface area contributed by atoms with Crippen LogP contribution in [-0.4, -0.2) is 5.11 Å². The summed E-state index contributed by atoms with van der Waals surface area (Å²) in [7, 11) is 0. The van der Waals surface area contributed by atoms with Crippen molar-refractivity contribution in [3.8, 4) is 11.8 Å². The van der Waals surface area contributed by atoms with E-state index in [-0.39, 0.29) is 5.75 Å². The first-order chi connectivity index (χ1) is 6.24. The fraction of sp³-hybridized carbons (Fsp3) is 0. The number of aromatic hydroxyl groups is 1. The zero-order chi connectivity index (χ0) is 9.42. The predicted molar refractivity (Wildman–Crippen MR) is 53.2 cm³/mol. The van der Waals surface area contributed by atoms with Crippen molar-refractivity contribution >= 4 is 33.0 Å². The molecule has 1 heterocycles. The molecule has 0 aliphatic rings. The van der Waals surface area contributed by atoms with E-state index < -0.39 is 0 Å². The SMILES string of the molecule is N#Cc1ccc(Cl)c2c(O)csc12. The zero-order valence-electron chi connectivity index (χ0n) is 6.41. The van der Waals surface area contributed by atoms with Gasteiger partial charge in [0.05, 0.1) is 20.7 Å². The maximum Gasteiger partial charge on any atom is 0.135 e. The number of rotatable bonds is 0. The number of nitriles is 1. The molecule has 0 spiro atoms. The van der Waals surface area contributed by atoms with Crippen LogP contribution in [0, 0.1) is 11.3 Å². The summed E-state index contributed by atoms with van der Waals surface area (Å²) in [5.41, 5.74) is 0.546. The summed E-state index contributed by atoms with van der Waals surface area (Å²) in [4.78, 5) is 0. The van der Waals surface area contributed by atoms with E-state index in [2.05, 4.69) is 6.07 Å². The van der Waals surface area contributed by atoms with Crippen LogP contribution in [-0.2, 0) is 0 Å². The number of fused-ring (bicyclic) bond motifs is 1. The molecule has 2 aromatic rings. The summed E-state index contributed by atoms with van der Waals surface area (Å²) in [5.74, 6) is 0.141. The molecule has 0 radical (unpaired) electrons. The van der Waals surface area contributed by atoms with Crippen molar-refractivity contribution in [3.05, 3.63) is 28.1 Å². The number of thiophene rings is 1. The number of nitrogens with zero attached hydrogens (tertiary/aromatic N) is 1. The van der Waals surface area contributed by atoms with E-state index in [1.807, 2.05) is 0 Å². The van der Waals surface area contributed by atoms with E-state index in [4.69, 9.17) is 16.9 Å². The standard InChI is InChI=1S/C9H4ClNOS/c10-6-2-1-5(3-11)9-8(6)7(12)4-13-9/h1-2,4,12H. The van der Waals surface area contributed by atoms with Gasteiger partial charge in [-0.15, -0.1) is 11.3 Å². The molecule has 4 heteroatoms. The summed E-state index contributed by atoms with van der Waals surface area (Å²) >= 11 is 7.19. The zero-order valence-corrected chi connectivity index (χ0v) is 7.99. The maximum atomic E-state index is 9.43. The van der Waals surface area contributed by atoms with Gasteiger partial charge in [-0.25, -0.2) is 0 Å². The van der Waals surface area contributed by atoms with Crippen molar-refractivity contribution < 1.29 is 5.11 Å². The van der Waals surface area contributed by atoms with Gasteiger partial charge in [-0.2, -0.15) is 5.26 Å². The highest BCUT2D eigenvalue weighted by Crippen LogP contribution is 2.38. The Kier molecular flexibility index (Phi) is 1.87. The highest BCUT2D eigenvalue weighted by atomic mass is 35.5. The van der Waals surface area contributed by atoms with Crippen molar-refractivity contribution in [1.29, 1.82) is 5.26 Å². The molecule has 0 bridgehead atoms. The number of benzene rings is 1. The number of halogens is 1. The fourth-order valence-corrected chi connectivity index (χ4v) is 2.41. The van der Waals surface area contributed by atoms with Crippen LogP contribution >= 0.6 is 22.9 Å². The highest BCUT2D eigenvalue weighted by Gasteiger charge is 2.10. The summed E-state index contributed by atoms with van der Waals surface area (Å²) in [5, 5.41) is 20.8. The topological polar surface area (TPSA) is 44.0 Å². The Balaban J connectivity index is 2.97. The highest BCUT2D eigenvalue weighted by molar-refractivity contribution is 7.18. The Morgan fingerprint density at radius 3 is 2.92 bits per heavy atom. The van der Waals surface area contributed by atoms with Crippen molar-refractivity contribution in [2.75, 3.05) is 0 Å². The largest absolute Gasteiger partial charge is 0.506 e. The Morgan fingerprint density at radius 2 is 2.23 bits per heavy atom. The summed E-state index contributed by atoms with van der Waals surface area (Å²) < 4.78 is 0.743. The second-order valence-electron chi connectivity index (χ2n) is 2.53. The first-order valence-electron chi connectivity index (χ1n) is 3.53. The van der Waals surface area contributed by atoms with E-state index in [1.165, 1.54) is 11.3 Å². The summed E-state index contributed by atoms with van der Waals surface area (Å²) in [6, 6.07) is 5.32. The van der Waals surface area contributed by atoms with Gasteiger partial charge in [-0.1, -0.05) is 11.6 Å². The molecule has 0 aliphatic carbocycles. The van der Waals surface area contributed by atoms with Gasteiger partial charge >= 0.3 is 0 Å².